The molecule has 2 amide bonds. The van der Waals surface area contributed by atoms with E-state index in [-0.39, 0.29) is 24.3 Å². The van der Waals surface area contributed by atoms with Crippen LogP contribution in [0.2, 0.25) is 0 Å². The summed E-state index contributed by atoms with van der Waals surface area (Å²) in [5.41, 5.74) is 1.86. The van der Waals surface area contributed by atoms with Crippen molar-refractivity contribution in [3.05, 3.63) is 94.2 Å². The van der Waals surface area contributed by atoms with E-state index in [0.717, 1.165) is 16.0 Å². The number of nitrogens with zero attached hydrogens (tertiary/aromatic N) is 1. The number of hydrogen-bond acceptors (Lipinski definition) is 4. The third kappa shape index (κ3) is 7.05. The highest BCUT2D eigenvalue weighted by Crippen LogP contribution is 2.24. The molecule has 0 saturated carbocycles. The van der Waals surface area contributed by atoms with Crippen molar-refractivity contribution < 1.29 is 14.7 Å². The Kier molecular flexibility index (Phi) is 8.38. The first-order chi connectivity index (χ1) is 15.0. The molecule has 0 bridgehead atoms. The molecule has 0 radical (unpaired) electrons. The largest absolute Gasteiger partial charge is 0.388 e. The zero-order chi connectivity index (χ0) is 22.1. The van der Waals surface area contributed by atoms with Crippen LogP contribution in [0.3, 0.4) is 0 Å². The van der Waals surface area contributed by atoms with E-state index in [1.54, 1.807) is 4.90 Å². The highest BCUT2D eigenvalue weighted by Gasteiger charge is 2.23. The first kappa shape index (κ1) is 22.7. The highest BCUT2D eigenvalue weighted by molar-refractivity contribution is 7.10. The molecule has 2 unspecified atom stereocenters. The van der Waals surface area contributed by atoms with Crippen LogP contribution in [0.15, 0.2) is 78.2 Å². The Morgan fingerprint density at radius 1 is 1.00 bits per heavy atom. The van der Waals surface area contributed by atoms with Crippen LogP contribution in [0.5, 0.6) is 0 Å². The minimum absolute atomic E-state index is 0.0590. The van der Waals surface area contributed by atoms with Gasteiger partial charge in [0.25, 0.3) is 0 Å². The van der Waals surface area contributed by atoms with Crippen molar-refractivity contribution in [2.45, 2.75) is 38.5 Å². The summed E-state index contributed by atoms with van der Waals surface area (Å²) in [7, 11) is 0. The van der Waals surface area contributed by atoms with Crippen molar-refractivity contribution in [1.82, 2.24) is 10.2 Å². The third-order valence-electron chi connectivity index (χ3n) is 5.07. The van der Waals surface area contributed by atoms with Crippen molar-refractivity contribution in [3.8, 4) is 0 Å². The second kappa shape index (κ2) is 11.4. The van der Waals surface area contributed by atoms with Gasteiger partial charge in [0.15, 0.2) is 0 Å². The predicted molar refractivity (Wildman–Crippen MR) is 123 cm³/mol. The molecule has 3 rings (SSSR count). The van der Waals surface area contributed by atoms with E-state index in [1.807, 2.05) is 78.2 Å². The number of aliphatic hydroxyl groups is 1. The molecule has 5 nitrogen and oxygen atoms in total. The van der Waals surface area contributed by atoms with Crippen LogP contribution in [0.4, 0.5) is 0 Å². The molecular formula is C25H28N2O3S. The Balaban J connectivity index is 1.72. The van der Waals surface area contributed by atoms with Crippen molar-refractivity contribution >= 4 is 23.2 Å². The van der Waals surface area contributed by atoms with E-state index in [9.17, 15) is 14.7 Å². The van der Waals surface area contributed by atoms with E-state index in [2.05, 4.69) is 5.32 Å². The molecule has 31 heavy (non-hydrogen) atoms. The number of hydrogen-bond donors (Lipinski definition) is 2. The average Bonchev–Trinajstić information content (AvgIpc) is 3.32. The molecule has 3 aromatic rings. The second-order valence-electron chi connectivity index (χ2n) is 7.49. The lowest BCUT2D eigenvalue weighted by Crippen LogP contribution is -2.36. The summed E-state index contributed by atoms with van der Waals surface area (Å²) >= 11 is 1.52. The standard InChI is InChI=1S/C25H28N2O3S/c1-19(28)26-22(24-13-8-16-31-24)17-25(30)27(18-20-9-4-2-5-10-20)15-14-23(29)21-11-6-3-7-12-21/h2-13,16,22-23,29H,14-15,17-18H2,1H3,(H,26,28). The van der Waals surface area contributed by atoms with E-state index in [1.165, 1.54) is 18.3 Å². The summed E-state index contributed by atoms with van der Waals surface area (Å²) in [6.45, 7) is 2.34. The second-order valence-corrected chi connectivity index (χ2v) is 8.47. The van der Waals surface area contributed by atoms with Crippen LogP contribution in [0.25, 0.3) is 0 Å². The quantitative estimate of drug-likeness (QED) is 0.493. The number of thiophene rings is 1. The Morgan fingerprint density at radius 2 is 1.68 bits per heavy atom. The Bertz CT molecular complexity index is 945. The van der Waals surface area contributed by atoms with E-state index in [4.69, 9.17) is 0 Å². The molecule has 0 saturated heterocycles. The number of carbonyl (C=O) groups excluding carboxylic acids is 2. The number of rotatable bonds is 10. The Hall–Kier alpha value is -2.96. The van der Waals surface area contributed by atoms with Gasteiger partial charge in [-0.3, -0.25) is 9.59 Å². The average molecular weight is 437 g/mol. The molecule has 1 aromatic heterocycles. The fourth-order valence-corrected chi connectivity index (χ4v) is 4.26. The molecule has 1 heterocycles. The maximum atomic E-state index is 13.3. The number of benzene rings is 2. The summed E-state index contributed by atoms with van der Waals surface area (Å²) in [6.07, 6.45) is -0.0310. The summed E-state index contributed by atoms with van der Waals surface area (Å²) in [5, 5.41) is 15.4. The molecule has 0 spiro atoms. The van der Waals surface area contributed by atoms with Gasteiger partial charge in [-0.2, -0.15) is 0 Å². The predicted octanol–water partition coefficient (Wildman–Crippen LogP) is 4.47. The molecule has 2 atom stereocenters. The van der Waals surface area contributed by atoms with Gasteiger partial charge in [0.2, 0.25) is 11.8 Å². The molecule has 6 heteroatoms. The van der Waals surface area contributed by atoms with Crippen LogP contribution >= 0.6 is 11.3 Å². The summed E-state index contributed by atoms with van der Waals surface area (Å²) < 4.78 is 0. The smallest absolute Gasteiger partial charge is 0.225 e. The Morgan fingerprint density at radius 3 is 2.29 bits per heavy atom. The monoisotopic (exact) mass is 436 g/mol. The lowest BCUT2D eigenvalue weighted by Gasteiger charge is -2.26. The fourth-order valence-electron chi connectivity index (χ4n) is 3.48. The minimum Gasteiger partial charge on any atom is -0.388 e. The minimum atomic E-state index is -0.643. The van der Waals surface area contributed by atoms with Gasteiger partial charge >= 0.3 is 0 Å². The number of amides is 2. The molecule has 0 aliphatic heterocycles. The molecular weight excluding hydrogens is 408 g/mol. The molecule has 0 fully saturated rings. The molecule has 0 aliphatic carbocycles. The molecule has 2 N–H and O–H groups in total. The van der Waals surface area contributed by atoms with Gasteiger partial charge in [-0.1, -0.05) is 66.7 Å². The van der Waals surface area contributed by atoms with E-state index in [0.29, 0.717) is 19.5 Å². The van der Waals surface area contributed by atoms with Crippen molar-refractivity contribution in [1.29, 1.82) is 0 Å². The van der Waals surface area contributed by atoms with Gasteiger partial charge in [0.05, 0.1) is 18.6 Å². The first-order valence-corrected chi connectivity index (χ1v) is 11.3. The van der Waals surface area contributed by atoms with Gasteiger partial charge in [0, 0.05) is 24.9 Å². The maximum Gasteiger partial charge on any atom is 0.225 e. The zero-order valence-corrected chi connectivity index (χ0v) is 18.4. The van der Waals surface area contributed by atoms with Gasteiger partial charge in [-0.15, -0.1) is 11.3 Å². The van der Waals surface area contributed by atoms with E-state index >= 15 is 0 Å². The van der Waals surface area contributed by atoms with Crippen molar-refractivity contribution in [2.24, 2.45) is 0 Å². The first-order valence-electron chi connectivity index (χ1n) is 10.4. The molecule has 162 valence electrons. The number of nitrogens with one attached hydrogen (secondary N) is 1. The van der Waals surface area contributed by atoms with Crippen molar-refractivity contribution in [3.63, 3.8) is 0 Å². The summed E-state index contributed by atoms with van der Waals surface area (Å²) in [6, 6.07) is 22.8. The van der Waals surface area contributed by atoms with E-state index < -0.39 is 6.10 Å². The normalized spacial score (nSPS) is 12.7. The fraction of sp³-hybridized carbons (Fsp3) is 0.280. The lowest BCUT2D eigenvalue weighted by atomic mass is 10.1. The van der Waals surface area contributed by atoms with Crippen LogP contribution in [0, 0.1) is 0 Å². The van der Waals surface area contributed by atoms with Crippen LogP contribution in [0.1, 0.15) is 47.9 Å². The van der Waals surface area contributed by atoms with Crippen molar-refractivity contribution in [2.75, 3.05) is 6.54 Å². The van der Waals surface area contributed by atoms with Gasteiger partial charge in [-0.25, -0.2) is 0 Å². The van der Waals surface area contributed by atoms with Gasteiger partial charge < -0.3 is 15.3 Å². The molecule has 0 aliphatic rings. The summed E-state index contributed by atoms with van der Waals surface area (Å²) in [5.74, 6) is -0.225. The van der Waals surface area contributed by atoms with Crippen LogP contribution in [-0.4, -0.2) is 28.4 Å². The van der Waals surface area contributed by atoms with Gasteiger partial charge in [-0.05, 0) is 29.0 Å². The maximum absolute atomic E-state index is 13.3. The topological polar surface area (TPSA) is 69.6 Å². The highest BCUT2D eigenvalue weighted by atomic mass is 32.1. The third-order valence-corrected chi connectivity index (χ3v) is 6.05. The van der Waals surface area contributed by atoms with Crippen LogP contribution in [-0.2, 0) is 16.1 Å². The van der Waals surface area contributed by atoms with Crippen LogP contribution < -0.4 is 5.32 Å². The summed E-state index contributed by atoms with van der Waals surface area (Å²) in [4.78, 5) is 27.7. The number of aliphatic hydroxyl groups excluding tert-OH is 1. The van der Waals surface area contributed by atoms with Gasteiger partial charge in [0.1, 0.15) is 0 Å². The zero-order valence-electron chi connectivity index (χ0n) is 17.6. The lowest BCUT2D eigenvalue weighted by molar-refractivity contribution is -0.133. The number of carbonyl (C=O) groups is 2. The Labute approximate surface area is 187 Å². The molecule has 2 aromatic carbocycles. The SMILES string of the molecule is CC(=O)NC(CC(=O)N(CCC(O)c1ccccc1)Cc1ccccc1)c1cccs1.